The summed E-state index contributed by atoms with van der Waals surface area (Å²) in [5.74, 6) is 0.490. The number of nitrogens with zero attached hydrogens (tertiary/aromatic N) is 1. The van der Waals surface area contributed by atoms with Crippen LogP contribution in [0.1, 0.15) is 33.6 Å². The summed E-state index contributed by atoms with van der Waals surface area (Å²) in [6.45, 7) is 9.29. The summed E-state index contributed by atoms with van der Waals surface area (Å²) in [5.41, 5.74) is 0. The SMILES string of the molecule is CCOC1CCCN(CC(=O)C(C)C)C1. The van der Waals surface area contributed by atoms with E-state index in [1.54, 1.807) is 0 Å². The first-order valence-electron chi connectivity index (χ1n) is 6.00. The van der Waals surface area contributed by atoms with Crippen LogP contribution in [0, 0.1) is 5.92 Å². The molecule has 3 heteroatoms. The van der Waals surface area contributed by atoms with Crippen LogP contribution in [0.25, 0.3) is 0 Å². The Kier molecular flexibility index (Phi) is 5.26. The Labute approximate surface area is 92.8 Å². The van der Waals surface area contributed by atoms with E-state index in [0.717, 1.165) is 32.5 Å². The Hall–Kier alpha value is -0.410. The van der Waals surface area contributed by atoms with Crippen LogP contribution in [0.3, 0.4) is 0 Å². The van der Waals surface area contributed by atoms with Gasteiger partial charge in [-0.2, -0.15) is 0 Å². The highest BCUT2D eigenvalue weighted by Gasteiger charge is 2.22. The Morgan fingerprint density at radius 2 is 2.27 bits per heavy atom. The second-order valence-electron chi connectivity index (χ2n) is 4.58. The lowest BCUT2D eigenvalue weighted by atomic mass is 10.1. The lowest BCUT2D eigenvalue weighted by Crippen LogP contribution is -2.42. The number of likely N-dealkylation sites (tertiary alicyclic amines) is 1. The molecule has 88 valence electrons. The summed E-state index contributed by atoms with van der Waals surface area (Å²) in [4.78, 5) is 13.8. The van der Waals surface area contributed by atoms with Gasteiger partial charge in [0.25, 0.3) is 0 Å². The lowest BCUT2D eigenvalue weighted by Gasteiger charge is -2.32. The van der Waals surface area contributed by atoms with Crippen molar-refractivity contribution in [2.75, 3.05) is 26.2 Å². The lowest BCUT2D eigenvalue weighted by molar-refractivity contribution is -0.124. The number of Topliss-reactive ketones (excluding diaryl/α,β-unsaturated/α-hetero) is 1. The van der Waals surface area contributed by atoms with Crippen LogP contribution in [0.2, 0.25) is 0 Å². The molecule has 0 radical (unpaired) electrons. The van der Waals surface area contributed by atoms with E-state index in [1.807, 2.05) is 20.8 Å². The van der Waals surface area contributed by atoms with Crippen molar-refractivity contribution in [3.8, 4) is 0 Å². The fourth-order valence-corrected chi connectivity index (χ4v) is 1.93. The van der Waals surface area contributed by atoms with Crippen LogP contribution in [-0.2, 0) is 9.53 Å². The molecule has 1 saturated heterocycles. The molecule has 1 heterocycles. The summed E-state index contributed by atoms with van der Waals surface area (Å²) >= 11 is 0. The van der Waals surface area contributed by atoms with E-state index < -0.39 is 0 Å². The third kappa shape index (κ3) is 4.31. The number of hydrogen-bond donors (Lipinski definition) is 0. The molecule has 1 aliphatic rings. The zero-order chi connectivity index (χ0) is 11.3. The van der Waals surface area contributed by atoms with Crippen LogP contribution in [0.4, 0.5) is 0 Å². The third-order valence-electron chi connectivity index (χ3n) is 2.89. The Bertz CT molecular complexity index is 202. The standard InChI is InChI=1S/C12H23NO2/c1-4-15-11-6-5-7-13(8-11)9-12(14)10(2)3/h10-11H,4-9H2,1-3H3. The molecule has 0 aliphatic carbocycles. The predicted octanol–water partition coefficient (Wildman–Crippen LogP) is 1.71. The fraction of sp³-hybridized carbons (Fsp3) is 0.917. The van der Waals surface area contributed by atoms with Crippen LogP contribution >= 0.6 is 0 Å². The zero-order valence-corrected chi connectivity index (χ0v) is 10.2. The maximum absolute atomic E-state index is 11.6. The van der Waals surface area contributed by atoms with Gasteiger partial charge in [-0.3, -0.25) is 9.69 Å². The predicted molar refractivity (Wildman–Crippen MR) is 60.9 cm³/mol. The van der Waals surface area contributed by atoms with E-state index in [1.165, 1.54) is 0 Å². The number of rotatable bonds is 5. The van der Waals surface area contributed by atoms with Crippen molar-refractivity contribution in [3.05, 3.63) is 0 Å². The topological polar surface area (TPSA) is 29.5 Å². The molecule has 0 saturated carbocycles. The summed E-state index contributed by atoms with van der Waals surface area (Å²) in [7, 11) is 0. The van der Waals surface area contributed by atoms with Gasteiger partial charge in [0.1, 0.15) is 5.78 Å². The molecular weight excluding hydrogens is 190 g/mol. The fourth-order valence-electron chi connectivity index (χ4n) is 1.93. The minimum Gasteiger partial charge on any atom is -0.377 e. The smallest absolute Gasteiger partial charge is 0.149 e. The van der Waals surface area contributed by atoms with Crippen LogP contribution < -0.4 is 0 Å². The molecule has 0 aromatic carbocycles. The number of ether oxygens (including phenoxy) is 1. The van der Waals surface area contributed by atoms with Crippen molar-refractivity contribution in [1.82, 2.24) is 4.90 Å². The molecule has 3 nitrogen and oxygen atoms in total. The highest BCUT2D eigenvalue weighted by atomic mass is 16.5. The molecule has 0 N–H and O–H groups in total. The number of carbonyl (C=O) groups excluding carboxylic acids is 1. The summed E-state index contributed by atoms with van der Waals surface area (Å²) < 4.78 is 5.60. The molecule has 1 fully saturated rings. The summed E-state index contributed by atoms with van der Waals surface area (Å²) in [6.07, 6.45) is 2.62. The summed E-state index contributed by atoms with van der Waals surface area (Å²) in [6, 6.07) is 0. The van der Waals surface area contributed by atoms with Gasteiger partial charge in [0.2, 0.25) is 0 Å². The molecule has 1 rings (SSSR count). The van der Waals surface area contributed by atoms with Gasteiger partial charge >= 0.3 is 0 Å². The number of hydrogen-bond acceptors (Lipinski definition) is 3. The van der Waals surface area contributed by atoms with Crippen LogP contribution in [0.5, 0.6) is 0 Å². The molecule has 1 unspecified atom stereocenters. The van der Waals surface area contributed by atoms with E-state index in [2.05, 4.69) is 4.90 Å². The number of ketones is 1. The first kappa shape index (κ1) is 12.7. The normalized spacial score (nSPS) is 23.3. The van der Waals surface area contributed by atoms with Crippen LogP contribution in [-0.4, -0.2) is 43.0 Å². The molecule has 0 bridgehead atoms. The molecule has 0 spiro atoms. The molecule has 1 atom stereocenters. The number of carbonyl (C=O) groups is 1. The highest BCUT2D eigenvalue weighted by Crippen LogP contribution is 2.13. The second kappa shape index (κ2) is 6.23. The van der Waals surface area contributed by atoms with Gasteiger partial charge in [-0.15, -0.1) is 0 Å². The third-order valence-corrected chi connectivity index (χ3v) is 2.89. The maximum Gasteiger partial charge on any atom is 0.149 e. The largest absolute Gasteiger partial charge is 0.377 e. The minimum absolute atomic E-state index is 0.150. The van der Waals surface area contributed by atoms with Crippen molar-refractivity contribution in [2.24, 2.45) is 5.92 Å². The van der Waals surface area contributed by atoms with Gasteiger partial charge in [0, 0.05) is 19.1 Å². The van der Waals surface area contributed by atoms with E-state index in [4.69, 9.17) is 4.74 Å². The van der Waals surface area contributed by atoms with Crippen molar-refractivity contribution in [3.63, 3.8) is 0 Å². The van der Waals surface area contributed by atoms with Gasteiger partial charge in [-0.1, -0.05) is 13.8 Å². The van der Waals surface area contributed by atoms with Gasteiger partial charge in [-0.05, 0) is 26.3 Å². The first-order chi connectivity index (χ1) is 7.13. The quantitative estimate of drug-likeness (QED) is 0.696. The first-order valence-corrected chi connectivity index (χ1v) is 6.00. The van der Waals surface area contributed by atoms with E-state index in [0.29, 0.717) is 18.4 Å². The minimum atomic E-state index is 0.150. The van der Waals surface area contributed by atoms with Crippen LogP contribution in [0.15, 0.2) is 0 Å². The van der Waals surface area contributed by atoms with Gasteiger partial charge in [0.05, 0.1) is 12.6 Å². The number of piperidine rings is 1. The Balaban J connectivity index is 2.32. The van der Waals surface area contributed by atoms with Crippen molar-refractivity contribution in [2.45, 2.75) is 39.7 Å². The monoisotopic (exact) mass is 213 g/mol. The molecular formula is C12H23NO2. The van der Waals surface area contributed by atoms with Gasteiger partial charge in [-0.25, -0.2) is 0 Å². The van der Waals surface area contributed by atoms with E-state index in [-0.39, 0.29) is 5.92 Å². The second-order valence-corrected chi connectivity index (χ2v) is 4.58. The molecule has 0 amide bonds. The Morgan fingerprint density at radius 3 is 2.87 bits per heavy atom. The van der Waals surface area contributed by atoms with Crippen molar-refractivity contribution >= 4 is 5.78 Å². The van der Waals surface area contributed by atoms with Crippen molar-refractivity contribution < 1.29 is 9.53 Å². The van der Waals surface area contributed by atoms with E-state index >= 15 is 0 Å². The molecule has 0 aromatic rings. The zero-order valence-electron chi connectivity index (χ0n) is 10.2. The van der Waals surface area contributed by atoms with Crippen molar-refractivity contribution in [1.29, 1.82) is 0 Å². The molecule has 0 aromatic heterocycles. The van der Waals surface area contributed by atoms with Gasteiger partial charge in [0.15, 0.2) is 0 Å². The maximum atomic E-state index is 11.6. The molecule has 1 aliphatic heterocycles. The highest BCUT2D eigenvalue weighted by molar-refractivity contribution is 5.82. The average Bonchev–Trinajstić information content (AvgIpc) is 2.18. The average molecular weight is 213 g/mol. The van der Waals surface area contributed by atoms with Gasteiger partial charge < -0.3 is 4.74 Å². The summed E-state index contributed by atoms with van der Waals surface area (Å²) in [5, 5.41) is 0. The molecule has 15 heavy (non-hydrogen) atoms. The Morgan fingerprint density at radius 1 is 1.53 bits per heavy atom. The van der Waals surface area contributed by atoms with E-state index in [9.17, 15) is 4.79 Å².